The average molecular weight is 297 g/mol. The second kappa shape index (κ2) is 5.12. The number of aromatic nitrogens is 4. The molecule has 0 atom stereocenters. The molecule has 1 aliphatic heterocycles. The minimum atomic E-state index is 0.479. The highest BCUT2D eigenvalue weighted by Crippen LogP contribution is 2.30. The van der Waals surface area contributed by atoms with Crippen molar-refractivity contribution < 1.29 is 4.42 Å². The fourth-order valence-electron chi connectivity index (χ4n) is 3.36. The van der Waals surface area contributed by atoms with Crippen molar-refractivity contribution in [2.75, 3.05) is 18.0 Å². The normalized spacial score (nSPS) is 16.5. The molecule has 22 heavy (non-hydrogen) atoms. The lowest BCUT2D eigenvalue weighted by Gasteiger charge is -2.32. The van der Waals surface area contributed by atoms with Gasteiger partial charge in [-0.15, -0.1) is 5.10 Å². The molecule has 1 fully saturated rings. The summed E-state index contributed by atoms with van der Waals surface area (Å²) in [4.78, 5) is 6.85. The molecule has 0 bridgehead atoms. The van der Waals surface area contributed by atoms with Gasteiger partial charge in [-0.05, 0) is 31.9 Å². The smallest absolute Gasteiger partial charge is 0.318 e. The first-order valence-electron chi connectivity index (χ1n) is 7.71. The molecule has 1 aromatic carbocycles. The van der Waals surface area contributed by atoms with E-state index >= 15 is 0 Å². The van der Waals surface area contributed by atoms with Gasteiger partial charge in [-0.3, -0.25) is 0 Å². The lowest BCUT2D eigenvalue weighted by molar-refractivity contribution is 0.380. The van der Waals surface area contributed by atoms with E-state index in [-0.39, 0.29) is 0 Å². The van der Waals surface area contributed by atoms with Crippen LogP contribution in [0.25, 0.3) is 11.0 Å². The van der Waals surface area contributed by atoms with E-state index in [4.69, 9.17) is 4.42 Å². The Labute approximate surface area is 128 Å². The number of aryl methyl sites for hydroxylation is 2. The fourth-order valence-corrected chi connectivity index (χ4v) is 3.36. The van der Waals surface area contributed by atoms with E-state index in [1.54, 1.807) is 0 Å². The molecule has 6 heteroatoms. The zero-order valence-electron chi connectivity index (χ0n) is 12.9. The summed E-state index contributed by atoms with van der Waals surface area (Å²) in [6.45, 7) is 5.77. The van der Waals surface area contributed by atoms with E-state index in [0.717, 1.165) is 37.3 Å². The Morgan fingerprint density at radius 1 is 1.09 bits per heavy atom. The van der Waals surface area contributed by atoms with Crippen molar-refractivity contribution in [2.24, 2.45) is 0 Å². The Kier molecular flexibility index (Phi) is 3.10. The number of hydrogen-bond acceptors (Lipinski definition) is 5. The van der Waals surface area contributed by atoms with Crippen LogP contribution >= 0.6 is 0 Å². The molecule has 2 aromatic heterocycles. The Hall–Kier alpha value is -2.37. The van der Waals surface area contributed by atoms with E-state index in [1.165, 1.54) is 5.52 Å². The van der Waals surface area contributed by atoms with Crippen LogP contribution in [0.5, 0.6) is 0 Å². The van der Waals surface area contributed by atoms with Crippen LogP contribution in [-0.4, -0.2) is 32.8 Å². The Bertz CT molecular complexity index is 798. The topological polar surface area (TPSA) is 60.0 Å². The SMILES string of the molecule is Cc1nnc(N2CCC(n3c(C)nc4ccccc43)CC2)o1. The zero-order chi connectivity index (χ0) is 15.1. The predicted molar refractivity (Wildman–Crippen MR) is 84.0 cm³/mol. The van der Waals surface area contributed by atoms with Crippen LogP contribution in [0.2, 0.25) is 0 Å². The molecule has 3 heterocycles. The quantitative estimate of drug-likeness (QED) is 0.728. The number of piperidine rings is 1. The number of nitrogens with zero attached hydrogens (tertiary/aromatic N) is 5. The first kappa shape index (κ1) is 13.3. The van der Waals surface area contributed by atoms with Crippen LogP contribution in [0.15, 0.2) is 28.7 Å². The Morgan fingerprint density at radius 2 is 1.86 bits per heavy atom. The number of para-hydroxylation sites is 2. The van der Waals surface area contributed by atoms with Crippen molar-refractivity contribution >= 4 is 17.0 Å². The molecule has 0 spiro atoms. The lowest BCUT2D eigenvalue weighted by atomic mass is 10.0. The third-order valence-corrected chi connectivity index (χ3v) is 4.39. The molecular formula is C16H19N5O. The highest BCUT2D eigenvalue weighted by Gasteiger charge is 2.25. The monoisotopic (exact) mass is 297 g/mol. The maximum absolute atomic E-state index is 5.53. The van der Waals surface area contributed by atoms with Crippen molar-refractivity contribution in [2.45, 2.75) is 32.7 Å². The highest BCUT2D eigenvalue weighted by molar-refractivity contribution is 5.76. The number of fused-ring (bicyclic) bond motifs is 1. The van der Waals surface area contributed by atoms with E-state index in [9.17, 15) is 0 Å². The minimum absolute atomic E-state index is 0.479. The lowest BCUT2D eigenvalue weighted by Crippen LogP contribution is -2.35. The van der Waals surface area contributed by atoms with Crippen LogP contribution in [0, 0.1) is 13.8 Å². The second-order valence-corrected chi connectivity index (χ2v) is 5.84. The van der Waals surface area contributed by atoms with Gasteiger partial charge in [-0.1, -0.05) is 17.2 Å². The van der Waals surface area contributed by atoms with Crippen LogP contribution in [0.4, 0.5) is 6.01 Å². The van der Waals surface area contributed by atoms with Crippen LogP contribution in [0.1, 0.15) is 30.6 Å². The summed E-state index contributed by atoms with van der Waals surface area (Å²) in [6.07, 6.45) is 2.12. The Morgan fingerprint density at radius 3 is 2.59 bits per heavy atom. The fraction of sp³-hybridized carbons (Fsp3) is 0.438. The number of anilines is 1. The molecule has 4 rings (SSSR count). The number of benzene rings is 1. The average Bonchev–Trinajstić information content (AvgIpc) is 3.10. The van der Waals surface area contributed by atoms with Gasteiger partial charge >= 0.3 is 6.01 Å². The van der Waals surface area contributed by atoms with Crippen LogP contribution < -0.4 is 4.90 Å². The molecule has 0 amide bonds. The van der Waals surface area contributed by atoms with Gasteiger partial charge in [0.2, 0.25) is 5.89 Å². The number of hydrogen-bond donors (Lipinski definition) is 0. The van der Waals surface area contributed by atoms with Gasteiger partial charge in [0.1, 0.15) is 5.82 Å². The van der Waals surface area contributed by atoms with Crippen molar-refractivity contribution in [1.82, 2.24) is 19.7 Å². The first-order valence-corrected chi connectivity index (χ1v) is 7.71. The number of imidazole rings is 1. The molecule has 0 aliphatic carbocycles. The van der Waals surface area contributed by atoms with Gasteiger partial charge in [-0.25, -0.2) is 4.98 Å². The maximum Gasteiger partial charge on any atom is 0.318 e. The summed E-state index contributed by atoms with van der Waals surface area (Å²) in [5.74, 6) is 1.71. The van der Waals surface area contributed by atoms with E-state index in [1.807, 2.05) is 13.0 Å². The molecule has 3 aromatic rings. The zero-order valence-corrected chi connectivity index (χ0v) is 12.9. The molecule has 0 radical (unpaired) electrons. The van der Waals surface area contributed by atoms with Gasteiger partial charge in [0.25, 0.3) is 0 Å². The third-order valence-electron chi connectivity index (χ3n) is 4.39. The van der Waals surface area contributed by atoms with E-state index in [2.05, 4.69) is 49.8 Å². The van der Waals surface area contributed by atoms with Crippen LogP contribution in [0.3, 0.4) is 0 Å². The van der Waals surface area contributed by atoms with Crippen molar-refractivity contribution in [3.63, 3.8) is 0 Å². The molecule has 0 unspecified atom stereocenters. The van der Waals surface area contributed by atoms with E-state index < -0.39 is 0 Å². The van der Waals surface area contributed by atoms with Crippen molar-refractivity contribution in [3.05, 3.63) is 36.0 Å². The first-order chi connectivity index (χ1) is 10.7. The number of rotatable bonds is 2. The highest BCUT2D eigenvalue weighted by atomic mass is 16.4. The maximum atomic E-state index is 5.53. The summed E-state index contributed by atoms with van der Waals surface area (Å²) in [7, 11) is 0. The molecule has 114 valence electrons. The summed E-state index contributed by atoms with van der Waals surface area (Å²) in [5.41, 5.74) is 2.31. The van der Waals surface area contributed by atoms with E-state index in [0.29, 0.717) is 17.9 Å². The molecule has 0 N–H and O–H groups in total. The van der Waals surface area contributed by atoms with Gasteiger partial charge in [0.15, 0.2) is 0 Å². The standard InChI is InChI=1S/C16H19N5O/c1-11-17-14-5-3-4-6-15(14)21(11)13-7-9-20(10-8-13)16-19-18-12(2)22-16/h3-6,13H,7-10H2,1-2H3. The summed E-state index contributed by atoms with van der Waals surface area (Å²) in [5, 5.41) is 8.03. The predicted octanol–water partition coefficient (Wildman–Crippen LogP) is 2.88. The molecule has 1 saturated heterocycles. The van der Waals surface area contributed by atoms with Gasteiger partial charge in [0, 0.05) is 26.1 Å². The Balaban J connectivity index is 1.57. The summed E-state index contributed by atoms with van der Waals surface area (Å²) < 4.78 is 7.91. The summed E-state index contributed by atoms with van der Waals surface area (Å²) >= 11 is 0. The summed E-state index contributed by atoms with van der Waals surface area (Å²) in [6, 6.07) is 9.48. The minimum Gasteiger partial charge on any atom is -0.408 e. The van der Waals surface area contributed by atoms with Gasteiger partial charge < -0.3 is 13.9 Å². The van der Waals surface area contributed by atoms with Crippen molar-refractivity contribution in [3.8, 4) is 0 Å². The molecule has 1 aliphatic rings. The largest absolute Gasteiger partial charge is 0.408 e. The second-order valence-electron chi connectivity index (χ2n) is 5.84. The van der Waals surface area contributed by atoms with Gasteiger partial charge in [0.05, 0.1) is 11.0 Å². The van der Waals surface area contributed by atoms with Gasteiger partial charge in [-0.2, -0.15) is 0 Å². The molecular weight excluding hydrogens is 278 g/mol. The van der Waals surface area contributed by atoms with Crippen molar-refractivity contribution in [1.29, 1.82) is 0 Å². The molecule has 0 saturated carbocycles. The molecule has 6 nitrogen and oxygen atoms in total. The third kappa shape index (κ3) is 2.15. The van der Waals surface area contributed by atoms with Crippen LogP contribution in [-0.2, 0) is 0 Å².